The van der Waals surface area contributed by atoms with Crippen molar-refractivity contribution in [2.75, 3.05) is 0 Å². The first kappa shape index (κ1) is 23.6. The van der Waals surface area contributed by atoms with Gasteiger partial charge in [-0.25, -0.2) is 4.68 Å². The summed E-state index contributed by atoms with van der Waals surface area (Å²) in [6.45, 7) is 8.43. The van der Waals surface area contributed by atoms with Crippen molar-refractivity contribution in [3.05, 3.63) is 76.9 Å². The predicted octanol–water partition coefficient (Wildman–Crippen LogP) is 5.20. The van der Waals surface area contributed by atoms with Crippen LogP contribution in [-0.4, -0.2) is 26.3 Å². The molecule has 0 amide bonds. The molecule has 6 heteroatoms. The molecule has 2 heterocycles. The minimum absolute atomic E-state index is 0.0251. The number of carbonyl (C=O) groups is 2. The van der Waals surface area contributed by atoms with E-state index in [4.69, 9.17) is 0 Å². The van der Waals surface area contributed by atoms with E-state index in [0.717, 1.165) is 16.9 Å². The lowest BCUT2D eigenvalue weighted by Crippen LogP contribution is -2.31. The molecule has 0 unspecified atom stereocenters. The lowest BCUT2D eigenvalue weighted by Gasteiger charge is -2.29. The molecule has 1 aromatic carbocycles. The summed E-state index contributed by atoms with van der Waals surface area (Å²) in [5.74, 6) is 0.178. The number of hydrogen-bond donors (Lipinski definition) is 0. The standard InChI is InChI=1S/C28H30N4O2/c1-19-24(17-31-32(19)22-8-6-21(7-9-22)27(2,3)4)25(34)15-20-5-10-26(30-16-20)28(18-29)13-11-23(33)12-14-28/h5-10,16-17H,11-15H2,1-4H3. The number of benzene rings is 1. The van der Waals surface area contributed by atoms with Gasteiger partial charge >= 0.3 is 0 Å². The number of nitrogens with zero attached hydrogens (tertiary/aromatic N) is 4. The number of nitriles is 1. The fourth-order valence-electron chi connectivity index (χ4n) is 4.52. The summed E-state index contributed by atoms with van der Waals surface area (Å²) >= 11 is 0. The first-order valence-corrected chi connectivity index (χ1v) is 11.7. The van der Waals surface area contributed by atoms with Gasteiger partial charge in [0.1, 0.15) is 11.2 Å². The molecule has 34 heavy (non-hydrogen) atoms. The predicted molar refractivity (Wildman–Crippen MR) is 130 cm³/mol. The highest BCUT2D eigenvalue weighted by Gasteiger charge is 2.37. The van der Waals surface area contributed by atoms with Crippen LogP contribution >= 0.6 is 0 Å². The molecule has 0 N–H and O–H groups in total. The molecule has 1 aliphatic rings. The number of hydrogen-bond acceptors (Lipinski definition) is 5. The minimum atomic E-state index is -0.712. The third-order valence-corrected chi connectivity index (χ3v) is 6.84. The second-order valence-electron chi connectivity index (χ2n) is 10.2. The van der Waals surface area contributed by atoms with E-state index in [1.54, 1.807) is 17.1 Å². The summed E-state index contributed by atoms with van der Waals surface area (Å²) in [7, 11) is 0. The lowest BCUT2D eigenvalue weighted by molar-refractivity contribution is -0.121. The first-order valence-electron chi connectivity index (χ1n) is 11.7. The Bertz CT molecular complexity index is 1250. The van der Waals surface area contributed by atoms with Crippen LogP contribution in [0.25, 0.3) is 5.69 Å². The maximum Gasteiger partial charge on any atom is 0.170 e. The Morgan fingerprint density at radius 3 is 2.32 bits per heavy atom. The first-order chi connectivity index (χ1) is 16.1. The Labute approximate surface area is 200 Å². The van der Waals surface area contributed by atoms with E-state index in [2.05, 4.69) is 49.1 Å². The van der Waals surface area contributed by atoms with Crippen molar-refractivity contribution in [3.63, 3.8) is 0 Å². The molecule has 0 radical (unpaired) electrons. The van der Waals surface area contributed by atoms with Crippen molar-refractivity contribution in [1.29, 1.82) is 5.26 Å². The monoisotopic (exact) mass is 454 g/mol. The molecule has 0 saturated heterocycles. The van der Waals surface area contributed by atoms with Crippen LogP contribution in [0, 0.1) is 18.3 Å². The van der Waals surface area contributed by atoms with Gasteiger partial charge in [-0.3, -0.25) is 14.6 Å². The Morgan fingerprint density at radius 2 is 1.76 bits per heavy atom. The van der Waals surface area contributed by atoms with Crippen LogP contribution in [0.2, 0.25) is 0 Å². The zero-order chi connectivity index (χ0) is 24.5. The molecule has 3 aromatic rings. The van der Waals surface area contributed by atoms with Gasteiger partial charge in [0.25, 0.3) is 0 Å². The minimum Gasteiger partial charge on any atom is -0.300 e. The van der Waals surface area contributed by atoms with Crippen LogP contribution < -0.4 is 0 Å². The summed E-state index contributed by atoms with van der Waals surface area (Å²) in [6.07, 6.45) is 5.34. The fraction of sp³-hybridized carbons (Fsp3) is 0.393. The molecule has 174 valence electrons. The van der Waals surface area contributed by atoms with Gasteiger partial charge in [0, 0.05) is 25.5 Å². The van der Waals surface area contributed by atoms with E-state index >= 15 is 0 Å². The topological polar surface area (TPSA) is 88.6 Å². The van der Waals surface area contributed by atoms with Crippen LogP contribution in [-0.2, 0) is 22.0 Å². The van der Waals surface area contributed by atoms with Crippen LogP contribution in [0.3, 0.4) is 0 Å². The van der Waals surface area contributed by atoms with Crippen LogP contribution in [0.5, 0.6) is 0 Å². The van der Waals surface area contributed by atoms with Gasteiger partial charge in [-0.1, -0.05) is 39.0 Å². The zero-order valence-corrected chi connectivity index (χ0v) is 20.3. The normalized spacial score (nSPS) is 15.7. The number of rotatable bonds is 5. The average molecular weight is 455 g/mol. The molecule has 0 bridgehead atoms. The van der Waals surface area contributed by atoms with Gasteiger partial charge in [0.05, 0.1) is 34.9 Å². The van der Waals surface area contributed by atoms with Crippen LogP contribution in [0.15, 0.2) is 48.8 Å². The van der Waals surface area contributed by atoms with Crippen molar-refractivity contribution in [1.82, 2.24) is 14.8 Å². The van der Waals surface area contributed by atoms with E-state index in [9.17, 15) is 14.9 Å². The summed E-state index contributed by atoms with van der Waals surface area (Å²) in [6, 6.07) is 14.3. The molecule has 0 atom stereocenters. The van der Waals surface area contributed by atoms with E-state index in [1.165, 1.54) is 5.56 Å². The largest absolute Gasteiger partial charge is 0.300 e. The number of Topliss-reactive ketones (excluding diaryl/α,β-unsaturated/α-hetero) is 2. The van der Waals surface area contributed by atoms with Gasteiger partial charge in [-0.15, -0.1) is 0 Å². The average Bonchev–Trinajstić information content (AvgIpc) is 3.21. The summed E-state index contributed by atoms with van der Waals surface area (Å²) in [5, 5.41) is 14.2. The summed E-state index contributed by atoms with van der Waals surface area (Å²) < 4.78 is 1.79. The van der Waals surface area contributed by atoms with Crippen molar-refractivity contribution in [2.45, 2.75) is 70.6 Å². The highest BCUT2D eigenvalue weighted by atomic mass is 16.1. The Kier molecular flexibility index (Phi) is 6.22. The zero-order valence-electron chi connectivity index (χ0n) is 20.3. The van der Waals surface area contributed by atoms with E-state index in [1.807, 2.05) is 31.2 Å². The highest BCUT2D eigenvalue weighted by Crippen LogP contribution is 2.36. The second-order valence-corrected chi connectivity index (χ2v) is 10.2. The Morgan fingerprint density at radius 1 is 1.09 bits per heavy atom. The van der Waals surface area contributed by atoms with Gasteiger partial charge in [0.15, 0.2) is 5.78 Å². The summed E-state index contributed by atoms with van der Waals surface area (Å²) in [4.78, 5) is 29.2. The maximum atomic E-state index is 13.0. The van der Waals surface area contributed by atoms with E-state index in [0.29, 0.717) is 36.9 Å². The van der Waals surface area contributed by atoms with Crippen molar-refractivity contribution >= 4 is 11.6 Å². The molecule has 0 aliphatic heterocycles. The Hall–Kier alpha value is -3.59. The van der Waals surface area contributed by atoms with E-state index < -0.39 is 5.41 Å². The maximum absolute atomic E-state index is 13.0. The van der Waals surface area contributed by atoms with Crippen LogP contribution in [0.1, 0.15) is 79.3 Å². The highest BCUT2D eigenvalue weighted by molar-refractivity contribution is 5.98. The molecular formula is C28H30N4O2. The third-order valence-electron chi connectivity index (χ3n) is 6.84. The van der Waals surface area contributed by atoms with Crippen molar-refractivity contribution in [2.24, 2.45) is 0 Å². The molecule has 1 fully saturated rings. The molecule has 2 aromatic heterocycles. The molecule has 1 saturated carbocycles. The number of pyridine rings is 1. The molecule has 1 aliphatic carbocycles. The quantitative estimate of drug-likeness (QED) is 0.494. The fourth-order valence-corrected chi connectivity index (χ4v) is 4.52. The van der Waals surface area contributed by atoms with Gasteiger partial charge < -0.3 is 0 Å². The van der Waals surface area contributed by atoms with Crippen molar-refractivity contribution < 1.29 is 9.59 Å². The molecule has 0 spiro atoms. The smallest absolute Gasteiger partial charge is 0.170 e. The molecule has 6 nitrogen and oxygen atoms in total. The SMILES string of the molecule is Cc1c(C(=O)Cc2ccc(C3(C#N)CCC(=O)CC3)nc2)cnn1-c1ccc(C(C)(C)C)cc1. The number of carbonyl (C=O) groups excluding carboxylic acids is 2. The van der Waals surface area contributed by atoms with Gasteiger partial charge in [0.2, 0.25) is 0 Å². The third kappa shape index (κ3) is 4.56. The Balaban J connectivity index is 1.49. The number of aromatic nitrogens is 3. The lowest BCUT2D eigenvalue weighted by atomic mass is 9.72. The molecular weight excluding hydrogens is 424 g/mol. The van der Waals surface area contributed by atoms with Gasteiger partial charge in [-0.2, -0.15) is 10.4 Å². The number of ketones is 2. The second kappa shape index (κ2) is 8.98. The molecule has 4 rings (SSSR count). The van der Waals surface area contributed by atoms with Gasteiger partial charge in [-0.05, 0) is 54.5 Å². The van der Waals surface area contributed by atoms with Crippen molar-refractivity contribution in [3.8, 4) is 11.8 Å². The van der Waals surface area contributed by atoms with E-state index in [-0.39, 0.29) is 23.4 Å². The van der Waals surface area contributed by atoms with Crippen LogP contribution in [0.4, 0.5) is 0 Å². The summed E-state index contributed by atoms with van der Waals surface area (Å²) in [5.41, 5.74) is 4.38.